The van der Waals surface area contributed by atoms with Gasteiger partial charge >= 0.3 is 0 Å². The minimum atomic E-state index is -3.25. The van der Waals surface area contributed by atoms with Crippen LogP contribution in [0.3, 0.4) is 0 Å². The van der Waals surface area contributed by atoms with Crippen LogP contribution in [0.4, 0.5) is 5.69 Å². The number of sulfonamides is 1. The molecule has 0 unspecified atom stereocenters. The van der Waals surface area contributed by atoms with Gasteiger partial charge in [-0.2, -0.15) is 0 Å². The highest BCUT2D eigenvalue weighted by atomic mass is 32.2. The van der Waals surface area contributed by atoms with E-state index in [1.165, 1.54) is 0 Å². The molecule has 0 aliphatic heterocycles. The first-order chi connectivity index (χ1) is 9.89. The van der Waals surface area contributed by atoms with Gasteiger partial charge in [-0.3, -0.25) is 4.72 Å². The maximum atomic E-state index is 11.2. The van der Waals surface area contributed by atoms with Crippen LogP contribution in [0.5, 0.6) is 0 Å². The van der Waals surface area contributed by atoms with Crippen molar-refractivity contribution < 1.29 is 13.2 Å². The number of rotatable bonds is 6. The number of hydrogen-bond acceptors (Lipinski definition) is 5. The molecule has 0 spiro atoms. The zero-order chi connectivity index (χ0) is 15.5. The Balaban J connectivity index is 2.16. The van der Waals surface area contributed by atoms with Crippen molar-refractivity contribution in [2.75, 3.05) is 24.7 Å². The number of hydrogen-bond donors (Lipinski definition) is 1. The standard InChI is InChI=1S/C14H18N2O3S2/c1-10(8-19-2)14-15-13(9-20-14)11-4-6-12(7-5-11)16-21(3,17)18/h4-7,9-10,16H,8H2,1-3H3/t10-/m0/s1. The molecule has 21 heavy (non-hydrogen) atoms. The van der Waals surface area contributed by atoms with E-state index in [1.54, 1.807) is 30.6 Å². The fourth-order valence-electron chi connectivity index (χ4n) is 1.89. The van der Waals surface area contributed by atoms with Crippen molar-refractivity contribution in [2.24, 2.45) is 0 Å². The van der Waals surface area contributed by atoms with Crippen molar-refractivity contribution in [1.82, 2.24) is 4.98 Å². The summed E-state index contributed by atoms with van der Waals surface area (Å²) in [7, 11) is -1.57. The number of anilines is 1. The molecule has 0 aliphatic carbocycles. The maximum Gasteiger partial charge on any atom is 0.229 e. The normalized spacial score (nSPS) is 13.1. The zero-order valence-electron chi connectivity index (χ0n) is 12.2. The molecule has 2 rings (SSSR count). The van der Waals surface area contributed by atoms with Gasteiger partial charge in [0.2, 0.25) is 10.0 Å². The summed E-state index contributed by atoms with van der Waals surface area (Å²) in [6, 6.07) is 7.17. The Hall–Kier alpha value is -1.44. The molecule has 1 aromatic carbocycles. The number of aromatic nitrogens is 1. The van der Waals surface area contributed by atoms with Gasteiger partial charge in [-0.25, -0.2) is 13.4 Å². The van der Waals surface area contributed by atoms with E-state index in [0.29, 0.717) is 12.3 Å². The Kier molecular flexibility index (Phi) is 4.97. The molecular formula is C14H18N2O3S2. The largest absolute Gasteiger partial charge is 0.384 e. The molecule has 1 aromatic heterocycles. The number of methoxy groups -OCH3 is 1. The summed E-state index contributed by atoms with van der Waals surface area (Å²) in [5.41, 5.74) is 2.40. The van der Waals surface area contributed by atoms with Crippen LogP contribution in [0.2, 0.25) is 0 Å². The number of thiazole rings is 1. The topological polar surface area (TPSA) is 68.3 Å². The first kappa shape index (κ1) is 15.9. The molecule has 0 amide bonds. The first-order valence-corrected chi connectivity index (χ1v) is 9.19. The second-order valence-electron chi connectivity index (χ2n) is 4.88. The van der Waals surface area contributed by atoms with Gasteiger partial charge < -0.3 is 4.74 Å². The van der Waals surface area contributed by atoms with E-state index in [2.05, 4.69) is 16.6 Å². The van der Waals surface area contributed by atoms with Crippen LogP contribution in [0.15, 0.2) is 29.6 Å². The van der Waals surface area contributed by atoms with Gasteiger partial charge in [-0.05, 0) is 12.1 Å². The summed E-state index contributed by atoms with van der Waals surface area (Å²) < 4.78 is 29.9. The van der Waals surface area contributed by atoms with Crippen LogP contribution < -0.4 is 4.72 Å². The summed E-state index contributed by atoms with van der Waals surface area (Å²) in [4.78, 5) is 4.60. The van der Waals surface area contributed by atoms with Gasteiger partial charge in [0.15, 0.2) is 0 Å². The molecule has 2 aromatic rings. The molecule has 0 aliphatic rings. The van der Waals surface area contributed by atoms with E-state index < -0.39 is 10.0 Å². The Labute approximate surface area is 129 Å². The smallest absolute Gasteiger partial charge is 0.229 e. The molecule has 0 saturated carbocycles. The van der Waals surface area contributed by atoms with Gasteiger partial charge in [0, 0.05) is 29.7 Å². The summed E-state index contributed by atoms with van der Waals surface area (Å²) in [6.45, 7) is 2.72. The predicted octanol–water partition coefficient (Wildman–Crippen LogP) is 2.93. The molecule has 0 radical (unpaired) electrons. The van der Waals surface area contributed by atoms with E-state index >= 15 is 0 Å². The highest BCUT2D eigenvalue weighted by molar-refractivity contribution is 7.92. The average molecular weight is 326 g/mol. The minimum absolute atomic E-state index is 0.264. The van der Waals surface area contributed by atoms with Crippen molar-refractivity contribution in [3.63, 3.8) is 0 Å². The Morgan fingerprint density at radius 2 is 2.00 bits per heavy atom. The lowest BCUT2D eigenvalue weighted by atomic mass is 10.1. The second-order valence-corrected chi connectivity index (χ2v) is 7.52. The van der Waals surface area contributed by atoms with Crippen molar-refractivity contribution in [2.45, 2.75) is 12.8 Å². The molecule has 0 saturated heterocycles. The van der Waals surface area contributed by atoms with Crippen LogP contribution in [0, 0.1) is 0 Å². The molecule has 114 valence electrons. The van der Waals surface area contributed by atoms with Crippen LogP contribution in [0.1, 0.15) is 17.8 Å². The van der Waals surface area contributed by atoms with Gasteiger partial charge in [-0.1, -0.05) is 19.1 Å². The fraction of sp³-hybridized carbons (Fsp3) is 0.357. The summed E-state index contributed by atoms with van der Waals surface area (Å²) in [5.74, 6) is 0.264. The third-order valence-electron chi connectivity index (χ3n) is 2.84. The predicted molar refractivity (Wildman–Crippen MR) is 86.3 cm³/mol. The van der Waals surface area contributed by atoms with Crippen molar-refractivity contribution in [1.29, 1.82) is 0 Å². The average Bonchev–Trinajstić information content (AvgIpc) is 2.87. The lowest BCUT2D eigenvalue weighted by Gasteiger charge is -2.06. The molecule has 5 nitrogen and oxygen atoms in total. The number of nitrogens with zero attached hydrogens (tertiary/aromatic N) is 1. The van der Waals surface area contributed by atoms with Crippen LogP contribution >= 0.6 is 11.3 Å². The van der Waals surface area contributed by atoms with E-state index in [1.807, 2.05) is 17.5 Å². The third kappa shape index (κ3) is 4.52. The molecule has 0 fully saturated rings. The first-order valence-electron chi connectivity index (χ1n) is 6.41. The molecular weight excluding hydrogens is 308 g/mol. The van der Waals surface area contributed by atoms with E-state index in [-0.39, 0.29) is 5.92 Å². The second kappa shape index (κ2) is 6.55. The molecule has 0 bridgehead atoms. The Bertz CT molecular complexity index is 693. The van der Waals surface area contributed by atoms with Gasteiger partial charge in [0.25, 0.3) is 0 Å². The van der Waals surface area contributed by atoms with Crippen LogP contribution in [-0.2, 0) is 14.8 Å². The van der Waals surface area contributed by atoms with Crippen molar-refractivity contribution in [3.05, 3.63) is 34.7 Å². The van der Waals surface area contributed by atoms with Crippen molar-refractivity contribution in [3.8, 4) is 11.3 Å². The molecule has 1 N–H and O–H groups in total. The van der Waals surface area contributed by atoms with E-state index in [4.69, 9.17) is 4.74 Å². The minimum Gasteiger partial charge on any atom is -0.384 e. The number of ether oxygens (including phenoxy) is 1. The van der Waals surface area contributed by atoms with Gasteiger partial charge in [-0.15, -0.1) is 11.3 Å². The van der Waals surface area contributed by atoms with Crippen molar-refractivity contribution >= 4 is 27.0 Å². The highest BCUT2D eigenvalue weighted by Gasteiger charge is 2.11. The maximum absolute atomic E-state index is 11.2. The van der Waals surface area contributed by atoms with Crippen LogP contribution in [0.25, 0.3) is 11.3 Å². The lowest BCUT2D eigenvalue weighted by molar-refractivity contribution is 0.184. The quantitative estimate of drug-likeness (QED) is 0.886. The monoisotopic (exact) mass is 326 g/mol. The summed E-state index contributed by atoms with van der Waals surface area (Å²) >= 11 is 1.60. The summed E-state index contributed by atoms with van der Waals surface area (Å²) in [5, 5.41) is 3.03. The third-order valence-corrected chi connectivity index (χ3v) is 4.53. The molecule has 7 heteroatoms. The Morgan fingerprint density at radius 1 is 1.33 bits per heavy atom. The SMILES string of the molecule is COC[C@H](C)c1nc(-c2ccc(NS(C)(=O)=O)cc2)cs1. The van der Waals surface area contributed by atoms with Crippen LogP contribution in [-0.4, -0.2) is 33.4 Å². The molecule has 1 atom stereocenters. The lowest BCUT2D eigenvalue weighted by Crippen LogP contribution is -2.09. The van der Waals surface area contributed by atoms with E-state index in [9.17, 15) is 8.42 Å². The number of benzene rings is 1. The highest BCUT2D eigenvalue weighted by Crippen LogP contribution is 2.27. The molecule has 1 heterocycles. The summed E-state index contributed by atoms with van der Waals surface area (Å²) in [6.07, 6.45) is 1.13. The number of nitrogens with one attached hydrogen (secondary N) is 1. The van der Waals surface area contributed by atoms with E-state index in [0.717, 1.165) is 22.5 Å². The van der Waals surface area contributed by atoms with Gasteiger partial charge in [0.1, 0.15) is 0 Å². The van der Waals surface area contributed by atoms with Gasteiger partial charge in [0.05, 0.1) is 23.6 Å². The zero-order valence-corrected chi connectivity index (χ0v) is 13.8. The Morgan fingerprint density at radius 3 is 2.57 bits per heavy atom. The fourth-order valence-corrected chi connectivity index (χ4v) is 3.33.